The van der Waals surface area contributed by atoms with Gasteiger partial charge < -0.3 is 23.7 Å². The number of hydrogen-bond acceptors (Lipinski definition) is 4. The summed E-state index contributed by atoms with van der Waals surface area (Å²) in [4.78, 5) is 9.53. The zero-order chi connectivity index (χ0) is 38.3. The van der Waals surface area contributed by atoms with Crippen molar-refractivity contribution in [3.63, 3.8) is 0 Å². The summed E-state index contributed by atoms with van der Waals surface area (Å²) in [6.07, 6.45) is 1.93. The van der Waals surface area contributed by atoms with E-state index in [1.807, 2.05) is 24.4 Å². The molecule has 0 saturated carbocycles. The molecule has 0 fully saturated rings. The maximum Gasteiger partial charge on any atom is 0.135 e. The average Bonchev–Trinajstić information content (AvgIpc) is 3.86. The van der Waals surface area contributed by atoms with E-state index in [9.17, 15) is 0 Å². The molecule has 10 rings (SSSR count). The molecule has 0 amide bonds. The van der Waals surface area contributed by atoms with Gasteiger partial charge in [-0.2, -0.15) is 18.8 Å². The summed E-state index contributed by atoms with van der Waals surface area (Å²) in [5.74, 6) is 2.05. The van der Waals surface area contributed by atoms with E-state index < -0.39 is 0 Å². The fraction of sp³-hybridized carbons (Fsp3) is 0.160. The number of nitrogens with zero attached hydrogens (tertiary/aromatic N) is 5. The van der Waals surface area contributed by atoms with Crippen LogP contribution >= 0.6 is 0 Å². The van der Waals surface area contributed by atoms with Gasteiger partial charge in [0.25, 0.3) is 0 Å². The summed E-state index contributed by atoms with van der Waals surface area (Å²) >= 11 is 0. The quantitative estimate of drug-likeness (QED) is 0.161. The number of anilines is 3. The first-order chi connectivity index (χ1) is 27.0. The molecule has 7 heteroatoms. The minimum Gasteiger partial charge on any atom is -0.509 e. The number of rotatable bonds is 5. The van der Waals surface area contributed by atoms with Crippen molar-refractivity contribution in [2.45, 2.75) is 52.5 Å². The van der Waals surface area contributed by atoms with Crippen molar-refractivity contribution >= 4 is 60.7 Å². The molecule has 57 heavy (non-hydrogen) atoms. The molecule has 0 bridgehead atoms. The molecule has 3 aromatic heterocycles. The van der Waals surface area contributed by atoms with Gasteiger partial charge >= 0.3 is 0 Å². The number of ether oxygens (including phenoxy) is 1. The van der Waals surface area contributed by atoms with Crippen LogP contribution in [0.5, 0.6) is 11.5 Å². The van der Waals surface area contributed by atoms with Gasteiger partial charge in [-0.05, 0) is 79.6 Å². The van der Waals surface area contributed by atoms with E-state index >= 15 is 0 Å². The molecular weight excluding hydrogens is 882 g/mol. The predicted octanol–water partition coefficient (Wildman–Crippen LogP) is 12.8. The molecule has 0 saturated heterocycles. The van der Waals surface area contributed by atoms with Gasteiger partial charge in [0, 0.05) is 72.1 Å². The molecule has 9 aromatic rings. The Morgan fingerprint density at radius 1 is 0.596 bits per heavy atom. The first-order valence-corrected chi connectivity index (χ1v) is 19.2. The molecule has 1 aliphatic heterocycles. The number of hydrogen-bond donors (Lipinski definition) is 0. The summed E-state index contributed by atoms with van der Waals surface area (Å²) in [7, 11) is 0. The standard InChI is InChI=1S/C50H42N5O.Pt/c1-49(2,3)33-27-28-51-46(29-33)55-45-31-37(56-36-18-14-17-35(30-36)52-32-53(50(4,5)6)44-22-13-12-21-43(44)52)23-24-39(45)41-26-25-40-38-19-10-11-20-42(38)54(47(40)48(41)55)34-15-8-7-9-16-34;/h7-29,32H,1-6H3;/q-3;. The minimum atomic E-state index is -0.0932. The molecule has 6 aromatic carbocycles. The predicted molar refractivity (Wildman–Crippen MR) is 231 cm³/mol. The van der Waals surface area contributed by atoms with Gasteiger partial charge in [0.05, 0.1) is 16.6 Å². The molecule has 4 heterocycles. The van der Waals surface area contributed by atoms with Crippen LogP contribution in [-0.4, -0.2) is 19.7 Å². The van der Waals surface area contributed by atoms with Gasteiger partial charge in [-0.3, -0.25) is 0 Å². The van der Waals surface area contributed by atoms with Gasteiger partial charge in [0.2, 0.25) is 0 Å². The first kappa shape index (κ1) is 36.8. The molecule has 0 radical (unpaired) electrons. The maximum atomic E-state index is 6.66. The van der Waals surface area contributed by atoms with Gasteiger partial charge in [0.1, 0.15) is 5.82 Å². The Kier molecular flexibility index (Phi) is 8.82. The largest absolute Gasteiger partial charge is 0.509 e. The van der Waals surface area contributed by atoms with Crippen LogP contribution in [0.4, 0.5) is 17.1 Å². The summed E-state index contributed by atoms with van der Waals surface area (Å²) in [6.45, 7) is 15.5. The average molecular weight is 924 g/mol. The molecular formula is C50H42N5OPt-3. The first-order valence-electron chi connectivity index (χ1n) is 19.2. The molecule has 0 aliphatic carbocycles. The third kappa shape index (κ3) is 6.09. The van der Waals surface area contributed by atoms with E-state index in [2.05, 4.69) is 195 Å². The van der Waals surface area contributed by atoms with Crippen LogP contribution in [0, 0.1) is 18.8 Å². The number of benzene rings is 6. The van der Waals surface area contributed by atoms with Crippen LogP contribution in [-0.2, 0) is 26.5 Å². The zero-order valence-electron chi connectivity index (χ0n) is 32.8. The third-order valence-electron chi connectivity index (χ3n) is 10.9. The van der Waals surface area contributed by atoms with E-state index in [4.69, 9.17) is 9.72 Å². The Labute approximate surface area is 348 Å². The van der Waals surface area contributed by atoms with Crippen LogP contribution in [0.25, 0.3) is 55.1 Å². The van der Waals surface area contributed by atoms with Crippen molar-refractivity contribution in [3.8, 4) is 23.0 Å². The Morgan fingerprint density at radius 2 is 1.26 bits per heavy atom. The van der Waals surface area contributed by atoms with E-state index in [-0.39, 0.29) is 32.0 Å². The van der Waals surface area contributed by atoms with Crippen LogP contribution in [0.3, 0.4) is 0 Å². The molecule has 0 atom stereocenters. The van der Waals surface area contributed by atoms with Crippen molar-refractivity contribution < 1.29 is 25.8 Å². The van der Waals surface area contributed by atoms with Gasteiger partial charge in [-0.1, -0.05) is 87.0 Å². The van der Waals surface area contributed by atoms with Gasteiger partial charge in [0.15, 0.2) is 0 Å². The fourth-order valence-electron chi connectivity index (χ4n) is 8.19. The second-order valence-electron chi connectivity index (χ2n) is 16.6. The summed E-state index contributed by atoms with van der Waals surface area (Å²) in [5, 5.41) is 4.58. The van der Waals surface area contributed by atoms with Crippen molar-refractivity contribution in [2.24, 2.45) is 0 Å². The Hall–Kier alpha value is -5.84. The van der Waals surface area contributed by atoms with Crippen molar-refractivity contribution in [2.75, 3.05) is 9.80 Å². The normalized spacial score (nSPS) is 13.2. The Bertz CT molecular complexity index is 2970. The Balaban J connectivity index is 0.00000422. The molecule has 0 spiro atoms. The summed E-state index contributed by atoms with van der Waals surface area (Å²) in [6, 6.07) is 54.1. The zero-order valence-corrected chi connectivity index (χ0v) is 35.1. The summed E-state index contributed by atoms with van der Waals surface area (Å²) < 4.78 is 11.3. The number of pyridine rings is 1. The molecule has 0 unspecified atom stereocenters. The Morgan fingerprint density at radius 3 is 2.04 bits per heavy atom. The van der Waals surface area contributed by atoms with E-state index in [1.165, 1.54) is 16.3 Å². The van der Waals surface area contributed by atoms with Gasteiger partial charge in [-0.15, -0.1) is 41.4 Å². The molecule has 1 aliphatic rings. The van der Waals surface area contributed by atoms with E-state index in [0.717, 1.165) is 61.4 Å². The topological polar surface area (TPSA) is 38.5 Å². The minimum absolute atomic E-state index is 0. The maximum absolute atomic E-state index is 6.66. The van der Waals surface area contributed by atoms with E-state index in [0.29, 0.717) is 11.5 Å². The van der Waals surface area contributed by atoms with Crippen LogP contribution in [0.15, 0.2) is 140 Å². The van der Waals surface area contributed by atoms with Crippen LogP contribution < -0.4 is 14.5 Å². The second-order valence-corrected chi connectivity index (χ2v) is 16.6. The number of aromatic nitrogens is 3. The molecule has 6 nitrogen and oxygen atoms in total. The van der Waals surface area contributed by atoms with Crippen molar-refractivity contribution in [1.29, 1.82) is 0 Å². The van der Waals surface area contributed by atoms with Crippen molar-refractivity contribution in [1.82, 2.24) is 14.1 Å². The SMILES string of the molecule is CC(C)(C)c1ccnc(-n2c3[c-]c(Oc4[c-]c(N5[CH-]N(C(C)(C)C)c6ccccc65)ccc4)ccc3c3ccc4c5ccccc5n(-c5ccccc5)c4c32)c1.[Pt]. The fourth-order valence-corrected chi connectivity index (χ4v) is 8.19. The smallest absolute Gasteiger partial charge is 0.135 e. The number of fused-ring (bicyclic) bond motifs is 8. The third-order valence-corrected chi connectivity index (χ3v) is 10.9. The van der Waals surface area contributed by atoms with Gasteiger partial charge in [-0.25, -0.2) is 4.98 Å². The van der Waals surface area contributed by atoms with Crippen molar-refractivity contribution in [3.05, 3.63) is 164 Å². The van der Waals surface area contributed by atoms with Crippen LogP contribution in [0.2, 0.25) is 0 Å². The van der Waals surface area contributed by atoms with E-state index in [1.54, 1.807) is 0 Å². The molecule has 286 valence electrons. The monoisotopic (exact) mass is 923 g/mol. The second kappa shape index (κ2) is 13.7. The van der Waals surface area contributed by atoms with Crippen LogP contribution in [0.1, 0.15) is 47.1 Å². The summed E-state index contributed by atoms with van der Waals surface area (Å²) in [5.41, 5.74) is 9.56. The number of para-hydroxylation sites is 4. The molecule has 0 N–H and O–H groups in total.